The van der Waals surface area contributed by atoms with Gasteiger partial charge in [0.25, 0.3) is 0 Å². The average molecular weight is 296 g/mol. The lowest BCUT2D eigenvalue weighted by Gasteiger charge is -2.32. The molecule has 1 aliphatic carbocycles. The lowest BCUT2D eigenvalue weighted by molar-refractivity contribution is 0.174. The molecule has 20 heavy (non-hydrogen) atoms. The fourth-order valence-corrected chi connectivity index (χ4v) is 3.41. The van der Waals surface area contributed by atoms with Crippen molar-refractivity contribution in [2.75, 3.05) is 6.79 Å². The molecule has 110 valence electrons. The summed E-state index contributed by atoms with van der Waals surface area (Å²) in [5, 5.41) is 4.29. The smallest absolute Gasteiger partial charge is 0.231 e. The summed E-state index contributed by atoms with van der Waals surface area (Å²) in [4.78, 5) is 0. The molecule has 0 radical (unpaired) electrons. The predicted molar refractivity (Wildman–Crippen MR) is 80.4 cm³/mol. The van der Waals surface area contributed by atoms with E-state index in [1.807, 2.05) is 12.1 Å². The molecule has 4 heteroatoms. The topological polar surface area (TPSA) is 30.5 Å². The number of benzene rings is 1. The van der Waals surface area contributed by atoms with E-state index < -0.39 is 0 Å². The van der Waals surface area contributed by atoms with Crippen LogP contribution >= 0.6 is 11.6 Å². The van der Waals surface area contributed by atoms with Gasteiger partial charge >= 0.3 is 0 Å². The van der Waals surface area contributed by atoms with E-state index in [9.17, 15) is 0 Å². The molecular weight excluding hydrogens is 274 g/mol. The molecule has 3 nitrogen and oxygen atoms in total. The SMILES string of the molecule is CC1CCC(NCc2cc(Cl)c3c(c2)OCO3)CC1C. The Morgan fingerprint density at radius 3 is 2.85 bits per heavy atom. The van der Waals surface area contributed by atoms with Crippen LogP contribution in [0.25, 0.3) is 0 Å². The molecular formula is C16H22ClNO2. The van der Waals surface area contributed by atoms with Crippen molar-refractivity contribution in [1.82, 2.24) is 5.32 Å². The second-order valence-corrected chi connectivity index (χ2v) is 6.56. The second-order valence-electron chi connectivity index (χ2n) is 6.16. The number of rotatable bonds is 3. The summed E-state index contributed by atoms with van der Waals surface area (Å²) in [5.74, 6) is 3.10. The number of halogens is 1. The van der Waals surface area contributed by atoms with Gasteiger partial charge in [0, 0.05) is 12.6 Å². The summed E-state index contributed by atoms with van der Waals surface area (Å²) in [6.45, 7) is 5.82. The molecule has 0 saturated heterocycles. The molecule has 1 N–H and O–H groups in total. The van der Waals surface area contributed by atoms with Crippen molar-refractivity contribution in [3.63, 3.8) is 0 Å². The largest absolute Gasteiger partial charge is 0.454 e. The van der Waals surface area contributed by atoms with E-state index in [1.165, 1.54) is 19.3 Å². The van der Waals surface area contributed by atoms with Crippen molar-refractivity contribution >= 4 is 11.6 Å². The molecule has 3 rings (SSSR count). The first kappa shape index (κ1) is 14.0. The Hall–Kier alpha value is -0.930. The van der Waals surface area contributed by atoms with Crippen LogP contribution in [-0.2, 0) is 6.54 Å². The molecule has 1 aromatic rings. The van der Waals surface area contributed by atoms with Crippen LogP contribution in [0.4, 0.5) is 0 Å². The standard InChI is InChI=1S/C16H22ClNO2/c1-10-3-4-13(5-11(10)2)18-8-12-6-14(17)16-15(7-12)19-9-20-16/h6-7,10-11,13,18H,3-5,8-9H2,1-2H3. The summed E-state index contributed by atoms with van der Waals surface area (Å²) in [7, 11) is 0. The minimum Gasteiger partial charge on any atom is -0.454 e. The van der Waals surface area contributed by atoms with Crippen molar-refractivity contribution in [3.8, 4) is 11.5 Å². The van der Waals surface area contributed by atoms with E-state index in [0.29, 0.717) is 16.8 Å². The highest BCUT2D eigenvalue weighted by atomic mass is 35.5. The molecule has 0 amide bonds. The van der Waals surface area contributed by atoms with E-state index >= 15 is 0 Å². The first-order chi connectivity index (χ1) is 9.63. The minimum absolute atomic E-state index is 0.268. The van der Waals surface area contributed by atoms with Gasteiger partial charge in [0.2, 0.25) is 6.79 Å². The van der Waals surface area contributed by atoms with Gasteiger partial charge in [-0.3, -0.25) is 0 Å². The average Bonchev–Trinajstić information content (AvgIpc) is 2.89. The normalized spacial score (nSPS) is 28.6. The van der Waals surface area contributed by atoms with Crippen molar-refractivity contribution in [2.24, 2.45) is 11.8 Å². The molecule has 3 atom stereocenters. The van der Waals surface area contributed by atoms with Crippen molar-refractivity contribution in [3.05, 3.63) is 22.7 Å². The zero-order valence-electron chi connectivity index (χ0n) is 12.1. The third-order valence-electron chi connectivity index (χ3n) is 4.68. The van der Waals surface area contributed by atoms with E-state index in [0.717, 1.165) is 29.7 Å². The maximum absolute atomic E-state index is 6.21. The Bertz CT molecular complexity index is 492. The Kier molecular flexibility index (Phi) is 4.08. The monoisotopic (exact) mass is 295 g/mol. The van der Waals surface area contributed by atoms with Gasteiger partial charge in [-0.25, -0.2) is 0 Å². The molecule has 3 unspecified atom stereocenters. The molecule has 1 heterocycles. The number of nitrogens with one attached hydrogen (secondary N) is 1. The number of ether oxygens (including phenoxy) is 2. The summed E-state index contributed by atoms with van der Waals surface area (Å²) < 4.78 is 10.7. The molecule has 1 fully saturated rings. The molecule has 1 aromatic carbocycles. The van der Waals surface area contributed by atoms with Gasteiger partial charge in [0.15, 0.2) is 11.5 Å². The number of hydrogen-bond acceptors (Lipinski definition) is 3. The van der Waals surface area contributed by atoms with Gasteiger partial charge in [-0.1, -0.05) is 25.4 Å². The third kappa shape index (κ3) is 2.89. The zero-order valence-corrected chi connectivity index (χ0v) is 12.9. The van der Waals surface area contributed by atoms with Crippen LogP contribution in [0.1, 0.15) is 38.7 Å². The van der Waals surface area contributed by atoms with Crippen LogP contribution in [0.2, 0.25) is 5.02 Å². The molecule has 0 bridgehead atoms. The van der Waals surface area contributed by atoms with E-state index in [2.05, 4.69) is 19.2 Å². The van der Waals surface area contributed by atoms with Crippen LogP contribution in [0.3, 0.4) is 0 Å². The lowest BCUT2D eigenvalue weighted by Crippen LogP contribution is -2.35. The van der Waals surface area contributed by atoms with E-state index in [1.54, 1.807) is 0 Å². The van der Waals surface area contributed by atoms with Crippen molar-refractivity contribution < 1.29 is 9.47 Å². The first-order valence-electron chi connectivity index (χ1n) is 7.45. The van der Waals surface area contributed by atoms with Crippen LogP contribution in [0.15, 0.2) is 12.1 Å². The highest BCUT2D eigenvalue weighted by molar-refractivity contribution is 6.32. The van der Waals surface area contributed by atoms with Gasteiger partial charge in [-0.2, -0.15) is 0 Å². The summed E-state index contributed by atoms with van der Waals surface area (Å²) in [6, 6.07) is 4.61. The van der Waals surface area contributed by atoms with E-state index in [4.69, 9.17) is 21.1 Å². The first-order valence-corrected chi connectivity index (χ1v) is 7.82. The van der Waals surface area contributed by atoms with Crippen molar-refractivity contribution in [1.29, 1.82) is 0 Å². The third-order valence-corrected chi connectivity index (χ3v) is 4.96. The predicted octanol–water partition coefficient (Wildman–Crippen LogP) is 3.98. The molecule has 0 aromatic heterocycles. The highest BCUT2D eigenvalue weighted by Crippen LogP contribution is 2.39. The van der Waals surface area contributed by atoms with Gasteiger partial charge in [0.1, 0.15) is 0 Å². The van der Waals surface area contributed by atoms with Gasteiger partial charge in [-0.05, 0) is 48.8 Å². The Morgan fingerprint density at radius 1 is 1.20 bits per heavy atom. The molecule has 2 aliphatic rings. The Balaban J connectivity index is 1.60. The van der Waals surface area contributed by atoms with Gasteiger partial charge in [-0.15, -0.1) is 0 Å². The van der Waals surface area contributed by atoms with Crippen LogP contribution < -0.4 is 14.8 Å². The summed E-state index contributed by atoms with van der Waals surface area (Å²) in [6.07, 6.45) is 3.85. The number of hydrogen-bond donors (Lipinski definition) is 1. The Morgan fingerprint density at radius 2 is 2.05 bits per heavy atom. The quantitative estimate of drug-likeness (QED) is 0.915. The Labute approximate surface area is 125 Å². The van der Waals surface area contributed by atoms with Crippen LogP contribution in [-0.4, -0.2) is 12.8 Å². The maximum Gasteiger partial charge on any atom is 0.231 e. The molecule has 1 aliphatic heterocycles. The van der Waals surface area contributed by atoms with Crippen LogP contribution in [0, 0.1) is 11.8 Å². The van der Waals surface area contributed by atoms with Crippen molar-refractivity contribution in [2.45, 2.75) is 45.7 Å². The fourth-order valence-electron chi connectivity index (χ4n) is 3.12. The molecule has 1 saturated carbocycles. The number of fused-ring (bicyclic) bond motifs is 1. The van der Waals surface area contributed by atoms with Gasteiger partial charge in [0.05, 0.1) is 5.02 Å². The zero-order chi connectivity index (χ0) is 14.1. The molecule has 0 spiro atoms. The maximum atomic E-state index is 6.21. The summed E-state index contributed by atoms with van der Waals surface area (Å²) >= 11 is 6.21. The van der Waals surface area contributed by atoms with E-state index in [-0.39, 0.29) is 6.79 Å². The van der Waals surface area contributed by atoms with Gasteiger partial charge < -0.3 is 14.8 Å². The highest BCUT2D eigenvalue weighted by Gasteiger charge is 2.24. The fraction of sp³-hybridized carbons (Fsp3) is 0.625. The minimum atomic E-state index is 0.268. The lowest BCUT2D eigenvalue weighted by atomic mass is 9.79. The second kappa shape index (κ2) is 5.82. The summed E-state index contributed by atoms with van der Waals surface area (Å²) in [5.41, 5.74) is 1.16. The van der Waals surface area contributed by atoms with Crippen LogP contribution in [0.5, 0.6) is 11.5 Å².